The van der Waals surface area contributed by atoms with Crippen molar-refractivity contribution in [2.45, 2.75) is 51.7 Å². The molecule has 1 aliphatic rings. The Morgan fingerprint density at radius 1 is 1.50 bits per heavy atom. The first kappa shape index (κ1) is 16.8. The second-order valence-electron chi connectivity index (χ2n) is 6.24. The number of nitrogens with zero attached hydrogens (tertiary/aromatic N) is 2. The fourth-order valence-electron chi connectivity index (χ4n) is 2.90. The summed E-state index contributed by atoms with van der Waals surface area (Å²) in [6.45, 7) is 5.30. The molecular weight excluding hydrogens is 280 g/mol. The van der Waals surface area contributed by atoms with E-state index in [1.54, 1.807) is 10.9 Å². The predicted octanol–water partition coefficient (Wildman–Crippen LogP) is 2.38. The molecule has 2 rings (SSSR count). The van der Waals surface area contributed by atoms with Crippen LogP contribution in [-0.4, -0.2) is 35.1 Å². The van der Waals surface area contributed by atoms with Crippen LogP contribution in [-0.2, 0) is 11.8 Å². The van der Waals surface area contributed by atoms with Crippen molar-refractivity contribution in [3.8, 4) is 0 Å². The zero-order chi connectivity index (χ0) is 15.9. The van der Waals surface area contributed by atoms with Gasteiger partial charge in [-0.2, -0.15) is 5.10 Å². The molecule has 2 amide bonds. The van der Waals surface area contributed by atoms with Crippen LogP contribution < -0.4 is 10.6 Å². The smallest absolute Gasteiger partial charge is 0.315 e. The molecule has 3 atom stereocenters. The maximum absolute atomic E-state index is 11.8. The fraction of sp³-hybridized carbons (Fsp3) is 0.750. The summed E-state index contributed by atoms with van der Waals surface area (Å²) in [5.74, 6) is 0.633. The zero-order valence-electron chi connectivity index (χ0n) is 13.8. The molecule has 0 aliphatic heterocycles. The van der Waals surface area contributed by atoms with Gasteiger partial charge in [0, 0.05) is 25.4 Å². The molecule has 1 fully saturated rings. The number of hydrogen-bond acceptors (Lipinski definition) is 3. The Morgan fingerprint density at radius 3 is 2.95 bits per heavy atom. The summed E-state index contributed by atoms with van der Waals surface area (Å²) in [5.41, 5.74) is 0.991. The minimum absolute atomic E-state index is 0.0621. The molecular formula is C16H28N4O2. The third kappa shape index (κ3) is 5.02. The van der Waals surface area contributed by atoms with Gasteiger partial charge >= 0.3 is 6.03 Å². The lowest BCUT2D eigenvalue weighted by molar-refractivity contribution is -0.00244. The van der Waals surface area contributed by atoms with Gasteiger partial charge in [-0.1, -0.05) is 19.8 Å². The average molecular weight is 308 g/mol. The van der Waals surface area contributed by atoms with Gasteiger partial charge in [0.1, 0.15) is 0 Å². The first-order chi connectivity index (χ1) is 10.6. The topological polar surface area (TPSA) is 68.2 Å². The maximum atomic E-state index is 11.8. The van der Waals surface area contributed by atoms with E-state index in [2.05, 4.69) is 22.7 Å². The number of ether oxygens (including phenoxy) is 1. The van der Waals surface area contributed by atoms with Crippen LogP contribution in [0.25, 0.3) is 0 Å². The highest BCUT2D eigenvalue weighted by Gasteiger charge is 2.21. The van der Waals surface area contributed by atoms with Crippen molar-refractivity contribution >= 4 is 6.03 Å². The number of rotatable bonds is 6. The van der Waals surface area contributed by atoms with E-state index in [9.17, 15) is 4.79 Å². The third-order valence-corrected chi connectivity index (χ3v) is 4.32. The molecule has 3 unspecified atom stereocenters. The summed E-state index contributed by atoms with van der Waals surface area (Å²) in [6, 6.07) is -0.232. The van der Waals surface area contributed by atoms with Crippen LogP contribution in [0.2, 0.25) is 0 Å². The van der Waals surface area contributed by atoms with Crippen LogP contribution in [0.1, 0.15) is 51.1 Å². The molecule has 1 aromatic heterocycles. The Hall–Kier alpha value is -1.56. The van der Waals surface area contributed by atoms with Gasteiger partial charge in [-0.3, -0.25) is 4.68 Å². The van der Waals surface area contributed by atoms with Crippen molar-refractivity contribution in [1.29, 1.82) is 0 Å². The molecule has 0 bridgehead atoms. The highest BCUT2D eigenvalue weighted by Crippen LogP contribution is 2.25. The number of amides is 2. The quantitative estimate of drug-likeness (QED) is 0.793. The molecule has 0 spiro atoms. The van der Waals surface area contributed by atoms with E-state index in [0.29, 0.717) is 25.2 Å². The molecule has 0 radical (unpaired) electrons. The molecule has 1 heterocycles. The molecule has 0 saturated heterocycles. The van der Waals surface area contributed by atoms with Crippen molar-refractivity contribution in [2.24, 2.45) is 13.0 Å². The fourth-order valence-corrected chi connectivity index (χ4v) is 2.90. The second kappa shape index (κ2) is 8.17. The molecule has 124 valence electrons. The summed E-state index contributed by atoms with van der Waals surface area (Å²) in [5, 5.41) is 9.84. The van der Waals surface area contributed by atoms with E-state index in [1.165, 1.54) is 19.3 Å². The lowest BCUT2D eigenvalue weighted by atomic mass is 9.88. The molecule has 2 N–H and O–H groups in total. The first-order valence-electron chi connectivity index (χ1n) is 8.20. The van der Waals surface area contributed by atoms with Crippen LogP contribution in [0.3, 0.4) is 0 Å². The van der Waals surface area contributed by atoms with Gasteiger partial charge < -0.3 is 15.4 Å². The van der Waals surface area contributed by atoms with Crippen LogP contribution in [0.5, 0.6) is 0 Å². The Kier molecular flexibility index (Phi) is 6.24. The van der Waals surface area contributed by atoms with Gasteiger partial charge in [0.2, 0.25) is 0 Å². The number of hydrogen-bond donors (Lipinski definition) is 2. The van der Waals surface area contributed by atoms with Crippen LogP contribution >= 0.6 is 0 Å². The Bertz CT molecular complexity index is 474. The molecule has 6 heteroatoms. The summed E-state index contributed by atoms with van der Waals surface area (Å²) in [6.07, 6.45) is 8.98. The number of nitrogens with one attached hydrogen (secondary N) is 2. The van der Waals surface area contributed by atoms with Crippen LogP contribution in [0.15, 0.2) is 12.4 Å². The Labute approximate surface area is 132 Å². The SMILES string of the molecule is CC(NC(=O)NCCOC1CCCCC1C)c1cnn(C)c1. The summed E-state index contributed by atoms with van der Waals surface area (Å²) in [4.78, 5) is 11.8. The van der Waals surface area contributed by atoms with Gasteiger partial charge in [0.05, 0.1) is 24.9 Å². The minimum atomic E-state index is -0.170. The van der Waals surface area contributed by atoms with E-state index in [0.717, 1.165) is 12.0 Å². The van der Waals surface area contributed by atoms with Gasteiger partial charge in [0.25, 0.3) is 0 Å². The van der Waals surface area contributed by atoms with Gasteiger partial charge in [-0.15, -0.1) is 0 Å². The second-order valence-corrected chi connectivity index (χ2v) is 6.24. The molecule has 1 aromatic rings. The average Bonchev–Trinajstić information content (AvgIpc) is 2.92. The lowest BCUT2D eigenvalue weighted by Gasteiger charge is -2.28. The monoisotopic (exact) mass is 308 g/mol. The van der Waals surface area contributed by atoms with Crippen LogP contribution in [0, 0.1) is 5.92 Å². The Morgan fingerprint density at radius 2 is 2.27 bits per heavy atom. The summed E-state index contributed by atoms with van der Waals surface area (Å²) in [7, 11) is 1.86. The number of aromatic nitrogens is 2. The number of carbonyl (C=O) groups is 1. The number of aryl methyl sites for hydroxylation is 1. The maximum Gasteiger partial charge on any atom is 0.315 e. The standard InChI is InChI=1S/C16H28N4O2/c1-12-6-4-5-7-15(12)22-9-8-17-16(21)19-13(2)14-10-18-20(3)11-14/h10-13,15H,4-9H2,1-3H3,(H2,17,19,21). The van der Waals surface area contributed by atoms with E-state index in [-0.39, 0.29) is 12.1 Å². The number of carbonyl (C=O) groups excluding carboxylic acids is 1. The summed E-state index contributed by atoms with van der Waals surface area (Å²) < 4.78 is 7.61. The first-order valence-corrected chi connectivity index (χ1v) is 8.20. The van der Waals surface area contributed by atoms with E-state index >= 15 is 0 Å². The van der Waals surface area contributed by atoms with Gasteiger partial charge in [0.15, 0.2) is 0 Å². The lowest BCUT2D eigenvalue weighted by Crippen LogP contribution is -2.39. The van der Waals surface area contributed by atoms with E-state index in [4.69, 9.17) is 4.74 Å². The molecule has 22 heavy (non-hydrogen) atoms. The van der Waals surface area contributed by atoms with Crippen molar-refractivity contribution in [3.05, 3.63) is 18.0 Å². The van der Waals surface area contributed by atoms with E-state index < -0.39 is 0 Å². The molecule has 1 saturated carbocycles. The Balaban J connectivity index is 1.61. The van der Waals surface area contributed by atoms with Crippen molar-refractivity contribution in [2.75, 3.05) is 13.2 Å². The zero-order valence-corrected chi connectivity index (χ0v) is 13.8. The number of urea groups is 1. The predicted molar refractivity (Wildman–Crippen MR) is 85.5 cm³/mol. The van der Waals surface area contributed by atoms with Crippen molar-refractivity contribution in [1.82, 2.24) is 20.4 Å². The largest absolute Gasteiger partial charge is 0.376 e. The molecule has 6 nitrogen and oxygen atoms in total. The van der Waals surface area contributed by atoms with Crippen molar-refractivity contribution in [3.63, 3.8) is 0 Å². The highest BCUT2D eigenvalue weighted by molar-refractivity contribution is 5.74. The molecule has 1 aliphatic carbocycles. The normalized spacial score (nSPS) is 23.0. The highest BCUT2D eigenvalue weighted by atomic mass is 16.5. The third-order valence-electron chi connectivity index (χ3n) is 4.32. The van der Waals surface area contributed by atoms with Crippen molar-refractivity contribution < 1.29 is 9.53 Å². The van der Waals surface area contributed by atoms with Crippen LogP contribution in [0.4, 0.5) is 4.79 Å². The molecule has 0 aromatic carbocycles. The minimum Gasteiger partial charge on any atom is -0.376 e. The summed E-state index contributed by atoms with van der Waals surface area (Å²) >= 11 is 0. The van der Waals surface area contributed by atoms with Gasteiger partial charge in [-0.05, 0) is 25.7 Å². The van der Waals surface area contributed by atoms with E-state index in [1.807, 2.05) is 20.2 Å². The van der Waals surface area contributed by atoms with Gasteiger partial charge in [-0.25, -0.2) is 4.79 Å².